The SMILES string of the molecule is CCNC(=NCCc1ccccc1OCC)NC1CCCC1.I. The molecular formula is C18H30IN3O. The van der Waals surface area contributed by atoms with Gasteiger partial charge in [0.25, 0.3) is 0 Å². The Bertz CT molecular complexity index is 473. The van der Waals surface area contributed by atoms with Crippen LogP contribution in [-0.2, 0) is 6.42 Å². The summed E-state index contributed by atoms with van der Waals surface area (Å²) in [4.78, 5) is 4.71. The number of benzene rings is 1. The number of aliphatic imine (C=N–C) groups is 1. The Labute approximate surface area is 157 Å². The predicted molar refractivity (Wildman–Crippen MR) is 108 cm³/mol. The van der Waals surface area contributed by atoms with E-state index in [-0.39, 0.29) is 24.0 Å². The zero-order valence-corrected chi connectivity index (χ0v) is 16.6. The van der Waals surface area contributed by atoms with Gasteiger partial charge < -0.3 is 15.4 Å². The topological polar surface area (TPSA) is 45.7 Å². The summed E-state index contributed by atoms with van der Waals surface area (Å²) in [7, 11) is 0. The molecule has 0 aliphatic heterocycles. The van der Waals surface area contributed by atoms with Crippen LogP contribution in [0.15, 0.2) is 29.3 Å². The molecule has 0 saturated heterocycles. The lowest BCUT2D eigenvalue weighted by molar-refractivity contribution is 0.336. The fourth-order valence-electron chi connectivity index (χ4n) is 2.88. The first kappa shape index (κ1) is 20.1. The predicted octanol–water partition coefficient (Wildman–Crippen LogP) is 3.74. The van der Waals surface area contributed by atoms with Crippen molar-refractivity contribution < 1.29 is 4.74 Å². The van der Waals surface area contributed by atoms with Gasteiger partial charge in [0.1, 0.15) is 5.75 Å². The highest BCUT2D eigenvalue weighted by Gasteiger charge is 2.15. The third-order valence-corrected chi connectivity index (χ3v) is 3.96. The third kappa shape index (κ3) is 6.97. The number of hydrogen-bond acceptors (Lipinski definition) is 2. The molecule has 0 bridgehead atoms. The lowest BCUT2D eigenvalue weighted by Crippen LogP contribution is -2.42. The second kappa shape index (κ2) is 11.5. The van der Waals surface area contributed by atoms with Gasteiger partial charge in [0.2, 0.25) is 0 Å². The highest BCUT2D eigenvalue weighted by atomic mass is 127. The van der Waals surface area contributed by atoms with Crippen molar-refractivity contribution in [3.8, 4) is 5.75 Å². The fraction of sp³-hybridized carbons (Fsp3) is 0.611. The summed E-state index contributed by atoms with van der Waals surface area (Å²) in [5, 5.41) is 6.89. The minimum absolute atomic E-state index is 0. The smallest absolute Gasteiger partial charge is 0.191 e. The maximum atomic E-state index is 5.67. The summed E-state index contributed by atoms with van der Waals surface area (Å²) in [5.41, 5.74) is 1.23. The number of guanidine groups is 1. The first-order chi connectivity index (χ1) is 10.8. The molecule has 130 valence electrons. The molecule has 1 saturated carbocycles. The lowest BCUT2D eigenvalue weighted by atomic mass is 10.1. The van der Waals surface area contributed by atoms with Crippen molar-refractivity contribution in [2.45, 2.75) is 52.0 Å². The second-order valence-corrected chi connectivity index (χ2v) is 5.68. The van der Waals surface area contributed by atoms with Crippen LogP contribution in [0.1, 0.15) is 45.1 Å². The molecule has 1 aliphatic carbocycles. The van der Waals surface area contributed by atoms with Crippen molar-refractivity contribution in [1.29, 1.82) is 0 Å². The molecule has 0 heterocycles. The lowest BCUT2D eigenvalue weighted by Gasteiger charge is -2.16. The molecule has 23 heavy (non-hydrogen) atoms. The van der Waals surface area contributed by atoms with Gasteiger partial charge in [0.15, 0.2) is 5.96 Å². The minimum Gasteiger partial charge on any atom is -0.494 e. The van der Waals surface area contributed by atoms with E-state index in [9.17, 15) is 0 Å². The quantitative estimate of drug-likeness (QED) is 0.393. The Morgan fingerprint density at radius 2 is 1.96 bits per heavy atom. The Morgan fingerprint density at radius 3 is 2.65 bits per heavy atom. The molecule has 0 aromatic heterocycles. The largest absolute Gasteiger partial charge is 0.494 e. The highest BCUT2D eigenvalue weighted by molar-refractivity contribution is 14.0. The van der Waals surface area contributed by atoms with Crippen LogP contribution in [-0.4, -0.2) is 31.7 Å². The molecular weight excluding hydrogens is 401 g/mol. The zero-order valence-electron chi connectivity index (χ0n) is 14.3. The zero-order chi connectivity index (χ0) is 15.6. The molecule has 4 nitrogen and oxygen atoms in total. The maximum absolute atomic E-state index is 5.67. The molecule has 0 atom stereocenters. The normalized spacial score (nSPS) is 15.1. The number of hydrogen-bond donors (Lipinski definition) is 2. The fourth-order valence-corrected chi connectivity index (χ4v) is 2.88. The third-order valence-electron chi connectivity index (χ3n) is 3.96. The van der Waals surface area contributed by atoms with Crippen molar-refractivity contribution in [2.24, 2.45) is 4.99 Å². The van der Waals surface area contributed by atoms with Crippen LogP contribution in [0.4, 0.5) is 0 Å². The van der Waals surface area contributed by atoms with Crippen molar-refractivity contribution in [3.05, 3.63) is 29.8 Å². The average molecular weight is 431 g/mol. The molecule has 2 rings (SSSR count). The number of halogens is 1. The van der Waals surface area contributed by atoms with Gasteiger partial charge in [0, 0.05) is 19.1 Å². The summed E-state index contributed by atoms with van der Waals surface area (Å²) in [6, 6.07) is 8.82. The van der Waals surface area contributed by atoms with Crippen molar-refractivity contribution >= 4 is 29.9 Å². The van der Waals surface area contributed by atoms with Crippen LogP contribution in [0.5, 0.6) is 5.75 Å². The summed E-state index contributed by atoms with van der Waals surface area (Å²) < 4.78 is 5.67. The second-order valence-electron chi connectivity index (χ2n) is 5.68. The molecule has 2 N–H and O–H groups in total. The van der Waals surface area contributed by atoms with Crippen LogP contribution in [0.3, 0.4) is 0 Å². The number of nitrogens with one attached hydrogen (secondary N) is 2. The first-order valence-corrected chi connectivity index (χ1v) is 8.59. The van der Waals surface area contributed by atoms with E-state index in [0.717, 1.165) is 31.2 Å². The van der Waals surface area contributed by atoms with Gasteiger partial charge in [-0.25, -0.2) is 0 Å². The molecule has 1 aromatic rings. The number of nitrogens with zero attached hydrogens (tertiary/aromatic N) is 1. The van der Waals surface area contributed by atoms with Gasteiger partial charge in [-0.2, -0.15) is 0 Å². The summed E-state index contributed by atoms with van der Waals surface area (Å²) in [5.74, 6) is 1.93. The van der Waals surface area contributed by atoms with Crippen LogP contribution in [0.2, 0.25) is 0 Å². The molecule has 0 radical (unpaired) electrons. The Morgan fingerprint density at radius 1 is 1.22 bits per heavy atom. The maximum Gasteiger partial charge on any atom is 0.191 e. The van der Waals surface area contributed by atoms with E-state index >= 15 is 0 Å². The van der Waals surface area contributed by atoms with Gasteiger partial charge in [-0.3, -0.25) is 4.99 Å². The summed E-state index contributed by atoms with van der Waals surface area (Å²) >= 11 is 0. The van der Waals surface area contributed by atoms with E-state index in [0.29, 0.717) is 12.6 Å². The Hall–Kier alpha value is -0.980. The molecule has 0 amide bonds. The van der Waals surface area contributed by atoms with E-state index in [1.54, 1.807) is 0 Å². The monoisotopic (exact) mass is 431 g/mol. The van der Waals surface area contributed by atoms with Crippen molar-refractivity contribution in [1.82, 2.24) is 10.6 Å². The Balaban J connectivity index is 0.00000264. The standard InChI is InChI=1S/C18H29N3O.HI/c1-3-19-18(21-16-10-6-7-11-16)20-14-13-15-9-5-8-12-17(15)22-4-2;/h5,8-9,12,16H,3-4,6-7,10-11,13-14H2,1-2H3,(H2,19,20,21);1H. The summed E-state index contributed by atoms with van der Waals surface area (Å²) in [6.45, 7) is 6.49. The molecule has 1 fully saturated rings. The molecule has 5 heteroatoms. The van der Waals surface area contributed by atoms with Gasteiger partial charge in [-0.15, -0.1) is 24.0 Å². The van der Waals surface area contributed by atoms with Crippen LogP contribution >= 0.6 is 24.0 Å². The number of ether oxygens (including phenoxy) is 1. The molecule has 1 aromatic carbocycles. The average Bonchev–Trinajstić information content (AvgIpc) is 3.02. The van der Waals surface area contributed by atoms with Crippen LogP contribution in [0.25, 0.3) is 0 Å². The van der Waals surface area contributed by atoms with Crippen LogP contribution < -0.4 is 15.4 Å². The van der Waals surface area contributed by atoms with Crippen molar-refractivity contribution in [2.75, 3.05) is 19.7 Å². The van der Waals surface area contributed by atoms with E-state index in [1.165, 1.54) is 31.2 Å². The molecule has 0 spiro atoms. The minimum atomic E-state index is 0. The van der Waals surface area contributed by atoms with Gasteiger partial charge in [0.05, 0.1) is 6.61 Å². The van der Waals surface area contributed by atoms with Crippen LogP contribution in [0, 0.1) is 0 Å². The van der Waals surface area contributed by atoms with Gasteiger partial charge in [-0.05, 0) is 44.7 Å². The highest BCUT2D eigenvalue weighted by Crippen LogP contribution is 2.19. The van der Waals surface area contributed by atoms with Crippen molar-refractivity contribution in [3.63, 3.8) is 0 Å². The van der Waals surface area contributed by atoms with Gasteiger partial charge in [-0.1, -0.05) is 31.0 Å². The molecule has 1 aliphatic rings. The number of rotatable bonds is 7. The molecule has 0 unspecified atom stereocenters. The van der Waals surface area contributed by atoms with E-state index in [4.69, 9.17) is 9.73 Å². The number of para-hydroxylation sites is 1. The summed E-state index contributed by atoms with van der Waals surface area (Å²) in [6.07, 6.45) is 6.09. The van der Waals surface area contributed by atoms with Gasteiger partial charge >= 0.3 is 0 Å². The van der Waals surface area contributed by atoms with E-state index in [2.05, 4.69) is 29.7 Å². The Kier molecular flexibility index (Phi) is 10.1. The van der Waals surface area contributed by atoms with E-state index in [1.807, 2.05) is 19.1 Å². The first-order valence-electron chi connectivity index (χ1n) is 8.59. The van der Waals surface area contributed by atoms with E-state index < -0.39 is 0 Å².